The number of hydrogen-bond donors (Lipinski definition) is 3. The van der Waals surface area contributed by atoms with E-state index in [1.54, 1.807) is 13.3 Å². The van der Waals surface area contributed by atoms with Crippen LogP contribution in [0.5, 0.6) is 0 Å². The first-order valence-corrected chi connectivity index (χ1v) is 8.49. The van der Waals surface area contributed by atoms with Gasteiger partial charge in [-0.3, -0.25) is 9.89 Å². The maximum Gasteiger partial charge on any atom is 0.0838 e. The number of methoxy groups -OCH3 is 1. The summed E-state index contributed by atoms with van der Waals surface area (Å²) in [6.07, 6.45) is 4.40. The Labute approximate surface area is 144 Å². The molecule has 1 aliphatic rings. The van der Waals surface area contributed by atoms with Crippen LogP contribution in [0.2, 0.25) is 0 Å². The molecule has 1 heterocycles. The van der Waals surface area contributed by atoms with E-state index in [1.807, 2.05) is 30.9 Å². The summed E-state index contributed by atoms with van der Waals surface area (Å²) in [5.41, 5.74) is 6.31. The molecule has 0 spiro atoms. The maximum atomic E-state index is 10.8. The van der Waals surface area contributed by atoms with Crippen molar-refractivity contribution in [2.75, 3.05) is 33.4 Å². The second kappa shape index (κ2) is 10.4. The van der Waals surface area contributed by atoms with Gasteiger partial charge in [-0.1, -0.05) is 13.0 Å². The summed E-state index contributed by atoms with van der Waals surface area (Å²) in [6.45, 7) is 5.35. The number of hydrogen-bond acceptors (Lipinski definition) is 6. The van der Waals surface area contributed by atoms with Crippen LogP contribution < -0.4 is 5.73 Å². The van der Waals surface area contributed by atoms with E-state index in [2.05, 4.69) is 4.99 Å². The van der Waals surface area contributed by atoms with Crippen LogP contribution in [-0.2, 0) is 4.74 Å². The Balaban J connectivity index is 2.77. The lowest BCUT2D eigenvalue weighted by molar-refractivity contribution is 0.0106. The van der Waals surface area contributed by atoms with Crippen molar-refractivity contribution < 1.29 is 14.9 Å². The summed E-state index contributed by atoms with van der Waals surface area (Å²) < 4.78 is 5.08. The summed E-state index contributed by atoms with van der Waals surface area (Å²) in [5.74, 6) is -0.262. The van der Waals surface area contributed by atoms with Crippen molar-refractivity contribution in [1.29, 1.82) is 0 Å². The van der Waals surface area contributed by atoms with Crippen molar-refractivity contribution in [2.24, 2.45) is 22.6 Å². The minimum absolute atomic E-state index is 0.00584. The molecule has 134 valence electrons. The molecule has 0 amide bonds. The van der Waals surface area contributed by atoms with E-state index >= 15 is 0 Å². The molecule has 0 aromatic carbocycles. The predicted molar refractivity (Wildman–Crippen MR) is 93.9 cm³/mol. The average molecular weight is 348 g/mol. The fourth-order valence-corrected chi connectivity index (χ4v) is 3.11. The van der Waals surface area contributed by atoms with Crippen LogP contribution in [0.3, 0.4) is 0 Å². The van der Waals surface area contributed by atoms with Gasteiger partial charge in [0.1, 0.15) is 0 Å². The number of nitrogens with zero attached hydrogens (tertiary/aromatic N) is 2. The summed E-state index contributed by atoms with van der Waals surface area (Å²) in [7, 11) is 1.62. The number of alkyl halides is 1. The summed E-state index contributed by atoms with van der Waals surface area (Å²) in [6, 6.07) is -0.313. The highest BCUT2D eigenvalue weighted by Gasteiger charge is 2.36. The van der Waals surface area contributed by atoms with Gasteiger partial charge in [0.2, 0.25) is 0 Å². The molecule has 23 heavy (non-hydrogen) atoms. The zero-order valence-corrected chi connectivity index (χ0v) is 14.9. The Morgan fingerprint density at radius 3 is 2.65 bits per heavy atom. The number of aliphatic hydroxyl groups is 2. The summed E-state index contributed by atoms with van der Waals surface area (Å²) >= 11 is 6.23. The molecule has 0 bridgehead atoms. The molecule has 6 unspecified atom stereocenters. The van der Waals surface area contributed by atoms with E-state index in [0.29, 0.717) is 19.7 Å². The average Bonchev–Trinajstić information content (AvgIpc) is 2.56. The standard InChI is InChI=1S/C16H30ClN3O3/c1-11(16(18)20(7-9-21)8-10-23-3)15(22)14-13(12(2)17)5-4-6-19-14/h4-6,11-16,21-22H,7-10,18H2,1-3H3. The highest BCUT2D eigenvalue weighted by Crippen LogP contribution is 2.28. The van der Waals surface area contributed by atoms with E-state index in [0.717, 1.165) is 0 Å². The van der Waals surface area contributed by atoms with Crippen LogP contribution in [0, 0.1) is 11.8 Å². The molecule has 0 saturated carbocycles. The van der Waals surface area contributed by atoms with Crippen LogP contribution >= 0.6 is 11.6 Å². The first-order chi connectivity index (χ1) is 10.9. The monoisotopic (exact) mass is 347 g/mol. The Morgan fingerprint density at radius 2 is 2.09 bits per heavy atom. The molecule has 0 aromatic rings. The lowest BCUT2D eigenvalue weighted by Crippen LogP contribution is -2.54. The quantitative estimate of drug-likeness (QED) is 0.394. The molecule has 0 fully saturated rings. The largest absolute Gasteiger partial charge is 0.395 e. The smallest absolute Gasteiger partial charge is 0.0838 e. The molecular weight excluding hydrogens is 318 g/mol. The van der Waals surface area contributed by atoms with Gasteiger partial charge < -0.3 is 20.7 Å². The van der Waals surface area contributed by atoms with Crippen LogP contribution in [0.4, 0.5) is 0 Å². The molecule has 1 aliphatic heterocycles. The van der Waals surface area contributed by atoms with Crippen molar-refractivity contribution in [3.63, 3.8) is 0 Å². The third kappa shape index (κ3) is 5.81. The van der Waals surface area contributed by atoms with Crippen LogP contribution in [0.1, 0.15) is 13.8 Å². The van der Waals surface area contributed by atoms with Crippen molar-refractivity contribution in [1.82, 2.24) is 4.90 Å². The van der Waals surface area contributed by atoms with Crippen molar-refractivity contribution in [2.45, 2.75) is 37.5 Å². The number of rotatable bonds is 10. The van der Waals surface area contributed by atoms with Crippen molar-refractivity contribution in [3.8, 4) is 0 Å². The Bertz CT molecular complexity index is 393. The van der Waals surface area contributed by atoms with E-state index in [1.165, 1.54) is 0 Å². The minimum atomic E-state index is -0.721. The predicted octanol–water partition coefficient (Wildman–Crippen LogP) is 0.462. The number of nitrogens with two attached hydrogens (primary N) is 1. The molecule has 1 rings (SSSR count). The topological polar surface area (TPSA) is 91.3 Å². The van der Waals surface area contributed by atoms with Gasteiger partial charge >= 0.3 is 0 Å². The first-order valence-electron chi connectivity index (χ1n) is 8.05. The zero-order chi connectivity index (χ0) is 17.4. The second-order valence-corrected chi connectivity index (χ2v) is 6.71. The molecule has 0 radical (unpaired) electrons. The Hall–Kier alpha value is -0.500. The Kier molecular flexibility index (Phi) is 9.27. The highest BCUT2D eigenvalue weighted by molar-refractivity contribution is 6.20. The number of aliphatic hydroxyl groups excluding tert-OH is 2. The van der Waals surface area contributed by atoms with E-state index < -0.39 is 12.3 Å². The minimum Gasteiger partial charge on any atom is -0.395 e. The molecule has 6 nitrogen and oxygen atoms in total. The van der Waals surface area contributed by atoms with E-state index in [4.69, 9.17) is 22.1 Å². The number of allylic oxidation sites excluding steroid dienone is 1. The maximum absolute atomic E-state index is 10.8. The van der Waals surface area contributed by atoms with Gasteiger partial charge in [0.25, 0.3) is 0 Å². The third-order valence-corrected chi connectivity index (χ3v) is 4.71. The van der Waals surface area contributed by atoms with E-state index in [9.17, 15) is 10.2 Å². The molecular formula is C16H30ClN3O3. The van der Waals surface area contributed by atoms with Gasteiger partial charge in [-0.25, -0.2) is 0 Å². The van der Waals surface area contributed by atoms with Gasteiger partial charge in [0.05, 0.1) is 31.5 Å². The molecule has 4 N–H and O–H groups in total. The molecule has 0 aliphatic carbocycles. The molecule has 0 aromatic heterocycles. The lowest BCUT2D eigenvalue weighted by atomic mass is 9.84. The van der Waals surface area contributed by atoms with Crippen LogP contribution in [-0.4, -0.2) is 78.4 Å². The summed E-state index contributed by atoms with van der Waals surface area (Å²) in [4.78, 5) is 6.32. The molecule has 7 heteroatoms. The van der Waals surface area contributed by atoms with Gasteiger partial charge in [-0.05, 0) is 13.0 Å². The fraction of sp³-hybridized carbons (Fsp3) is 0.812. The zero-order valence-electron chi connectivity index (χ0n) is 14.2. The molecule has 0 saturated heterocycles. The first kappa shape index (κ1) is 20.5. The van der Waals surface area contributed by atoms with Crippen LogP contribution in [0.15, 0.2) is 17.1 Å². The highest BCUT2D eigenvalue weighted by atomic mass is 35.5. The molecule has 6 atom stereocenters. The number of halogens is 1. The van der Waals surface area contributed by atoms with E-state index in [-0.39, 0.29) is 29.9 Å². The third-order valence-electron chi connectivity index (χ3n) is 4.42. The van der Waals surface area contributed by atoms with Crippen molar-refractivity contribution in [3.05, 3.63) is 12.2 Å². The van der Waals surface area contributed by atoms with Gasteiger partial charge in [0.15, 0.2) is 0 Å². The number of ether oxygens (including phenoxy) is 1. The lowest BCUT2D eigenvalue weighted by Gasteiger charge is -2.38. The van der Waals surface area contributed by atoms with Gasteiger partial charge in [-0.2, -0.15) is 0 Å². The van der Waals surface area contributed by atoms with Gasteiger partial charge in [0, 0.05) is 43.6 Å². The SMILES string of the molecule is COCCN(CCO)C(N)C(C)C(O)C1N=CC=CC1C(C)Cl. The van der Waals surface area contributed by atoms with Gasteiger partial charge in [-0.15, -0.1) is 11.6 Å². The Morgan fingerprint density at radius 1 is 1.39 bits per heavy atom. The number of aliphatic imine (C=N–C) groups is 1. The normalized spacial score (nSPS) is 26.3. The second-order valence-electron chi connectivity index (χ2n) is 6.02. The summed E-state index contributed by atoms with van der Waals surface area (Å²) in [5, 5.41) is 19.9. The van der Waals surface area contributed by atoms with Crippen molar-refractivity contribution >= 4 is 17.8 Å². The van der Waals surface area contributed by atoms with Crippen LogP contribution in [0.25, 0.3) is 0 Å². The fourth-order valence-electron chi connectivity index (χ4n) is 2.87. The number of dihydropyridines is 1.